The van der Waals surface area contributed by atoms with Gasteiger partial charge in [0.25, 0.3) is 0 Å². The average Bonchev–Trinajstić information content (AvgIpc) is 2.67. The summed E-state index contributed by atoms with van der Waals surface area (Å²) in [7, 11) is 0. The minimum atomic E-state index is 0.0991. The second-order valence-corrected chi connectivity index (χ2v) is 5.05. The molecule has 2 nitrogen and oxygen atoms in total. The second kappa shape index (κ2) is 4.12. The molecule has 0 aliphatic rings. The van der Waals surface area contributed by atoms with Gasteiger partial charge < -0.3 is 9.13 Å². The second-order valence-electron chi connectivity index (χ2n) is 5.05. The Morgan fingerprint density at radius 3 is 2.44 bits per heavy atom. The summed E-state index contributed by atoms with van der Waals surface area (Å²) in [6.07, 6.45) is 7.47. The highest BCUT2D eigenvalue weighted by atomic mass is 15.1. The maximum absolute atomic E-state index is 3.33. The Kier molecular flexibility index (Phi) is 2.82. The molecule has 2 aromatic rings. The van der Waals surface area contributed by atoms with Crippen LogP contribution in [0.3, 0.4) is 0 Å². The van der Waals surface area contributed by atoms with Gasteiger partial charge >= 0.3 is 0 Å². The van der Waals surface area contributed by atoms with E-state index in [4.69, 9.17) is 0 Å². The van der Waals surface area contributed by atoms with Crippen LogP contribution < -0.4 is 4.57 Å². The highest BCUT2D eigenvalue weighted by Gasteiger charge is 2.13. The minimum Gasteiger partial charge on any atom is -0.347 e. The standard InChI is InChI=1S/C14H18N2/c1-14(2,3)16-10-9-15(12-16)11-13-7-5-4-6-8-13/h4-10H,11H2,1-3H3. The first-order valence-corrected chi connectivity index (χ1v) is 5.60. The molecule has 2 heteroatoms. The highest BCUT2D eigenvalue weighted by molar-refractivity contribution is 5.13. The van der Waals surface area contributed by atoms with Gasteiger partial charge in [-0.15, -0.1) is 0 Å². The van der Waals surface area contributed by atoms with E-state index in [0.29, 0.717) is 0 Å². The molecule has 0 N–H and O–H groups in total. The Hall–Kier alpha value is -1.57. The normalized spacial score (nSPS) is 11.7. The highest BCUT2D eigenvalue weighted by Crippen LogP contribution is 2.11. The molecule has 0 bridgehead atoms. The van der Waals surface area contributed by atoms with Crippen LogP contribution in [0.5, 0.6) is 0 Å². The Morgan fingerprint density at radius 1 is 1.19 bits per heavy atom. The third-order valence-corrected chi connectivity index (χ3v) is 2.55. The van der Waals surface area contributed by atoms with Crippen molar-refractivity contribution in [2.24, 2.45) is 0 Å². The van der Waals surface area contributed by atoms with E-state index in [-0.39, 0.29) is 5.54 Å². The zero-order valence-electron chi connectivity index (χ0n) is 10.1. The van der Waals surface area contributed by atoms with Crippen LogP contribution in [0.1, 0.15) is 26.3 Å². The van der Waals surface area contributed by atoms with E-state index in [2.05, 4.69) is 72.9 Å². The van der Waals surface area contributed by atoms with Gasteiger partial charge in [-0.25, -0.2) is 0 Å². The molecule has 2 rings (SSSR count). The monoisotopic (exact) mass is 214 g/mol. The molecule has 0 saturated heterocycles. The van der Waals surface area contributed by atoms with Crippen molar-refractivity contribution in [1.82, 2.24) is 4.57 Å². The fourth-order valence-corrected chi connectivity index (χ4v) is 1.59. The van der Waals surface area contributed by atoms with E-state index in [0.717, 1.165) is 6.54 Å². The van der Waals surface area contributed by atoms with E-state index >= 15 is 0 Å². The topological polar surface area (TPSA) is 8.81 Å². The fraction of sp³-hybridized carbons (Fsp3) is 0.357. The average molecular weight is 214 g/mol. The molecule has 0 fully saturated rings. The van der Waals surface area contributed by atoms with Crippen molar-refractivity contribution in [3.05, 3.63) is 54.6 Å². The number of hydrogen-bond donors (Lipinski definition) is 0. The molecule has 16 heavy (non-hydrogen) atoms. The van der Waals surface area contributed by atoms with Crippen molar-refractivity contribution in [3.63, 3.8) is 0 Å². The van der Waals surface area contributed by atoms with Crippen molar-refractivity contribution in [1.29, 1.82) is 0 Å². The van der Waals surface area contributed by atoms with Crippen molar-refractivity contribution < 1.29 is 4.57 Å². The molecule has 1 heterocycles. The number of benzene rings is 1. The first kappa shape index (κ1) is 10.9. The summed E-state index contributed by atoms with van der Waals surface area (Å²) in [5.41, 5.74) is 1.40. The zero-order valence-corrected chi connectivity index (χ0v) is 10.1. The molecule has 0 aliphatic heterocycles. The Labute approximate surface area is 97.2 Å². The Bertz CT molecular complexity index is 449. The van der Waals surface area contributed by atoms with Gasteiger partial charge in [-0.2, -0.15) is 0 Å². The van der Waals surface area contributed by atoms with Crippen LogP contribution in [0, 0.1) is 6.33 Å². The SMILES string of the molecule is CC(C)(C)n1[c-][n+](Cc2ccccc2)cc1. The van der Waals surface area contributed by atoms with E-state index in [1.165, 1.54) is 5.56 Å². The van der Waals surface area contributed by atoms with Gasteiger partial charge in [-0.05, 0) is 38.7 Å². The molecule has 0 saturated carbocycles. The van der Waals surface area contributed by atoms with Gasteiger partial charge in [0.2, 0.25) is 6.33 Å². The maximum atomic E-state index is 3.33. The molecule has 1 aromatic carbocycles. The quantitative estimate of drug-likeness (QED) is 0.536. The molecular weight excluding hydrogens is 196 g/mol. The van der Waals surface area contributed by atoms with Crippen LogP contribution in [0.15, 0.2) is 42.7 Å². The van der Waals surface area contributed by atoms with Gasteiger partial charge in [0.05, 0.1) is 12.1 Å². The van der Waals surface area contributed by atoms with Gasteiger partial charge in [0.15, 0.2) is 0 Å². The predicted octanol–water partition coefficient (Wildman–Crippen LogP) is 2.38. The van der Waals surface area contributed by atoms with Crippen LogP contribution in [0.25, 0.3) is 0 Å². The maximum Gasteiger partial charge on any atom is 0.204 e. The molecule has 0 spiro atoms. The lowest BCUT2D eigenvalue weighted by Gasteiger charge is -2.18. The van der Waals surface area contributed by atoms with Crippen LogP contribution >= 0.6 is 0 Å². The summed E-state index contributed by atoms with van der Waals surface area (Å²) in [6.45, 7) is 7.41. The Morgan fingerprint density at radius 2 is 1.88 bits per heavy atom. The fourth-order valence-electron chi connectivity index (χ4n) is 1.59. The molecule has 0 aliphatic carbocycles. The van der Waals surface area contributed by atoms with Gasteiger partial charge in [0, 0.05) is 0 Å². The number of aromatic nitrogens is 2. The molecule has 0 unspecified atom stereocenters. The molecule has 0 amide bonds. The summed E-state index contributed by atoms with van der Waals surface area (Å²) in [5, 5.41) is 0. The van der Waals surface area contributed by atoms with Crippen LogP contribution in [0.2, 0.25) is 0 Å². The van der Waals surface area contributed by atoms with Gasteiger partial charge in [-0.1, -0.05) is 30.3 Å². The molecule has 1 aromatic heterocycles. The van der Waals surface area contributed by atoms with Crippen molar-refractivity contribution >= 4 is 0 Å². The molecular formula is C14H18N2. The number of rotatable bonds is 2. The third-order valence-electron chi connectivity index (χ3n) is 2.55. The summed E-state index contributed by atoms with van der Waals surface area (Å²) < 4.78 is 4.19. The van der Waals surface area contributed by atoms with Crippen LogP contribution in [0.4, 0.5) is 0 Å². The summed E-state index contributed by atoms with van der Waals surface area (Å²) in [6, 6.07) is 10.4. The van der Waals surface area contributed by atoms with Crippen molar-refractivity contribution in [3.8, 4) is 0 Å². The predicted molar refractivity (Wildman–Crippen MR) is 64.0 cm³/mol. The van der Waals surface area contributed by atoms with Crippen molar-refractivity contribution in [2.75, 3.05) is 0 Å². The smallest absolute Gasteiger partial charge is 0.204 e. The minimum absolute atomic E-state index is 0.0991. The van der Waals surface area contributed by atoms with E-state index in [1.54, 1.807) is 0 Å². The van der Waals surface area contributed by atoms with E-state index < -0.39 is 0 Å². The zero-order chi connectivity index (χ0) is 11.6. The lowest BCUT2D eigenvalue weighted by Crippen LogP contribution is -2.33. The first-order valence-electron chi connectivity index (χ1n) is 5.60. The van der Waals surface area contributed by atoms with E-state index in [1.807, 2.05) is 6.07 Å². The first-order chi connectivity index (χ1) is 7.55. The lowest BCUT2D eigenvalue weighted by molar-refractivity contribution is -0.692. The summed E-state index contributed by atoms with van der Waals surface area (Å²) >= 11 is 0. The number of nitrogens with zero attached hydrogens (tertiary/aromatic N) is 2. The van der Waals surface area contributed by atoms with Crippen molar-refractivity contribution in [2.45, 2.75) is 32.9 Å². The number of hydrogen-bond acceptors (Lipinski definition) is 0. The number of imidazole rings is 1. The lowest BCUT2D eigenvalue weighted by atomic mass is 10.1. The van der Waals surface area contributed by atoms with Crippen LogP contribution in [-0.2, 0) is 12.1 Å². The summed E-state index contributed by atoms with van der Waals surface area (Å²) in [5.74, 6) is 0. The van der Waals surface area contributed by atoms with Gasteiger partial charge in [0.1, 0.15) is 0 Å². The summed E-state index contributed by atoms with van der Waals surface area (Å²) in [4.78, 5) is 0. The third kappa shape index (κ3) is 2.51. The molecule has 84 valence electrons. The Balaban J connectivity index is 2.15. The van der Waals surface area contributed by atoms with Crippen LogP contribution in [-0.4, -0.2) is 4.57 Å². The molecule has 0 radical (unpaired) electrons. The molecule has 0 atom stereocenters. The van der Waals surface area contributed by atoms with E-state index in [9.17, 15) is 0 Å². The van der Waals surface area contributed by atoms with Gasteiger partial charge in [-0.3, -0.25) is 0 Å². The largest absolute Gasteiger partial charge is 0.347 e.